The summed E-state index contributed by atoms with van der Waals surface area (Å²) >= 11 is 1.63. The molecule has 1 N–H and O–H groups in total. The number of nitrogens with one attached hydrogen (secondary N) is 1. The number of nitriles is 1. The molecule has 3 nitrogen and oxygen atoms in total. The highest BCUT2D eigenvalue weighted by atomic mass is 32.1. The first-order valence-electron chi connectivity index (χ1n) is 5.56. The molecule has 0 fully saturated rings. The number of carbonyl (C=O) groups is 1. The molecule has 1 aromatic carbocycles. The van der Waals surface area contributed by atoms with Crippen LogP contribution in [0.2, 0.25) is 0 Å². The van der Waals surface area contributed by atoms with Crippen molar-refractivity contribution in [3.63, 3.8) is 0 Å². The lowest BCUT2D eigenvalue weighted by Crippen LogP contribution is -2.24. The van der Waals surface area contributed by atoms with Crippen LogP contribution in [0.5, 0.6) is 0 Å². The zero-order valence-corrected chi connectivity index (χ0v) is 10.5. The molecule has 0 bridgehead atoms. The molecule has 0 spiro atoms. The van der Waals surface area contributed by atoms with Gasteiger partial charge in [-0.3, -0.25) is 4.79 Å². The topological polar surface area (TPSA) is 52.9 Å². The highest BCUT2D eigenvalue weighted by molar-refractivity contribution is 7.09. The molecule has 2 aromatic rings. The molecule has 0 atom stereocenters. The molecule has 90 valence electrons. The van der Waals surface area contributed by atoms with Crippen LogP contribution in [0.3, 0.4) is 0 Å². The van der Waals surface area contributed by atoms with E-state index < -0.39 is 0 Å². The van der Waals surface area contributed by atoms with E-state index in [1.54, 1.807) is 23.5 Å². The second-order valence-corrected chi connectivity index (χ2v) is 4.87. The first-order valence-corrected chi connectivity index (χ1v) is 6.44. The van der Waals surface area contributed by atoms with Crippen molar-refractivity contribution in [2.45, 2.75) is 13.0 Å². The number of nitrogens with zero attached hydrogens (tertiary/aromatic N) is 1. The Bertz CT molecular complexity index is 552. The molecule has 0 unspecified atom stereocenters. The average molecular weight is 256 g/mol. The number of thiophene rings is 1. The Morgan fingerprint density at radius 3 is 2.67 bits per heavy atom. The predicted molar refractivity (Wildman–Crippen MR) is 71.0 cm³/mol. The van der Waals surface area contributed by atoms with E-state index in [-0.39, 0.29) is 5.91 Å². The second kappa shape index (κ2) is 5.99. The molecule has 2 rings (SSSR count). The Morgan fingerprint density at radius 2 is 2.06 bits per heavy atom. The Hall–Kier alpha value is -2.12. The van der Waals surface area contributed by atoms with Crippen molar-refractivity contribution < 1.29 is 4.79 Å². The van der Waals surface area contributed by atoms with Gasteiger partial charge in [-0.15, -0.1) is 11.3 Å². The number of hydrogen-bond donors (Lipinski definition) is 1. The van der Waals surface area contributed by atoms with Gasteiger partial charge in [0.25, 0.3) is 0 Å². The lowest BCUT2D eigenvalue weighted by Gasteiger charge is -2.03. The third-order valence-electron chi connectivity index (χ3n) is 2.49. The van der Waals surface area contributed by atoms with Crippen LogP contribution < -0.4 is 5.32 Å². The molecule has 0 aliphatic carbocycles. The number of carbonyl (C=O) groups excluding carboxylic acids is 1. The van der Waals surface area contributed by atoms with Crippen LogP contribution in [0.4, 0.5) is 0 Å². The lowest BCUT2D eigenvalue weighted by molar-refractivity contribution is -0.120. The summed E-state index contributed by atoms with van der Waals surface area (Å²) in [6.07, 6.45) is 0.344. The minimum absolute atomic E-state index is 0.00638. The highest BCUT2D eigenvalue weighted by Crippen LogP contribution is 2.08. The first-order chi connectivity index (χ1) is 8.78. The minimum Gasteiger partial charge on any atom is -0.351 e. The SMILES string of the molecule is N#Cc1ccc(CC(=O)NCc2cccs2)cc1. The smallest absolute Gasteiger partial charge is 0.224 e. The summed E-state index contributed by atoms with van der Waals surface area (Å²) in [5.41, 5.74) is 1.52. The summed E-state index contributed by atoms with van der Waals surface area (Å²) in [5.74, 6) is -0.00638. The molecule has 0 saturated heterocycles. The molecule has 18 heavy (non-hydrogen) atoms. The van der Waals surface area contributed by atoms with Crippen molar-refractivity contribution in [1.29, 1.82) is 5.26 Å². The maximum absolute atomic E-state index is 11.7. The maximum atomic E-state index is 11.7. The van der Waals surface area contributed by atoms with E-state index >= 15 is 0 Å². The van der Waals surface area contributed by atoms with Gasteiger partial charge in [0, 0.05) is 4.88 Å². The molecule has 0 radical (unpaired) electrons. The summed E-state index contributed by atoms with van der Waals surface area (Å²) in [4.78, 5) is 12.8. The van der Waals surface area contributed by atoms with Crippen LogP contribution >= 0.6 is 11.3 Å². The normalized spacial score (nSPS) is 9.72. The van der Waals surface area contributed by atoms with Crippen LogP contribution in [0, 0.1) is 11.3 Å². The zero-order chi connectivity index (χ0) is 12.8. The fourth-order valence-electron chi connectivity index (χ4n) is 1.54. The van der Waals surface area contributed by atoms with Crippen molar-refractivity contribution in [2.75, 3.05) is 0 Å². The Kier molecular flexibility index (Phi) is 4.11. The van der Waals surface area contributed by atoms with E-state index in [1.165, 1.54) is 0 Å². The molecule has 0 saturated carbocycles. The minimum atomic E-state index is -0.00638. The third kappa shape index (κ3) is 3.44. The van der Waals surface area contributed by atoms with E-state index in [1.807, 2.05) is 29.6 Å². The van der Waals surface area contributed by atoms with Gasteiger partial charge in [0.1, 0.15) is 0 Å². The fourth-order valence-corrected chi connectivity index (χ4v) is 2.19. The van der Waals surface area contributed by atoms with Gasteiger partial charge in [-0.1, -0.05) is 18.2 Å². The van der Waals surface area contributed by atoms with E-state index in [4.69, 9.17) is 5.26 Å². The van der Waals surface area contributed by atoms with Crippen LogP contribution in [-0.4, -0.2) is 5.91 Å². The Morgan fingerprint density at radius 1 is 1.28 bits per heavy atom. The van der Waals surface area contributed by atoms with Gasteiger partial charge in [0.15, 0.2) is 0 Å². The number of benzene rings is 1. The van der Waals surface area contributed by atoms with Gasteiger partial charge >= 0.3 is 0 Å². The molecule has 1 heterocycles. The predicted octanol–water partition coefficient (Wildman–Crippen LogP) is 2.48. The molecular formula is C14H12N2OS. The molecule has 4 heteroatoms. The van der Waals surface area contributed by atoms with Gasteiger partial charge in [0.05, 0.1) is 24.6 Å². The van der Waals surface area contributed by atoms with Crippen molar-refractivity contribution in [1.82, 2.24) is 5.32 Å². The lowest BCUT2D eigenvalue weighted by atomic mass is 10.1. The summed E-state index contributed by atoms with van der Waals surface area (Å²) < 4.78 is 0. The molecule has 0 aliphatic heterocycles. The zero-order valence-electron chi connectivity index (χ0n) is 9.72. The fraction of sp³-hybridized carbons (Fsp3) is 0.143. The number of hydrogen-bond acceptors (Lipinski definition) is 3. The van der Waals surface area contributed by atoms with E-state index in [0.29, 0.717) is 18.5 Å². The van der Waals surface area contributed by atoms with E-state index in [9.17, 15) is 4.79 Å². The van der Waals surface area contributed by atoms with Crippen LogP contribution in [0.1, 0.15) is 16.0 Å². The standard InChI is InChI=1S/C14H12N2OS/c15-9-12-5-3-11(4-6-12)8-14(17)16-10-13-2-1-7-18-13/h1-7H,8,10H2,(H,16,17). The van der Waals surface area contributed by atoms with Crippen molar-refractivity contribution in [2.24, 2.45) is 0 Å². The summed E-state index contributed by atoms with van der Waals surface area (Å²) in [7, 11) is 0. The average Bonchev–Trinajstić information content (AvgIpc) is 2.90. The molecule has 1 aromatic heterocycles. The van der Waals surface area contributed by atoms with Gasteiger partial charge in [0.2, 0.25) is 5.91 Å². The van der Waals surface area contributed by atoms with Crippen molar-refractivity contribution in [3.05, 3.63) is 57.8 Å². The maximum Gasteiger partial charge on any atom is 0.224 e. The van der Waals surface area contributed by atoms with Crippen LogP contribution in [-0.2, 0) is 17.8 Å². The molecule has 1 amide bonds. The monoisotopic (exact) mass is 256 g/mol. The molecule has 0 aliphatic rings. The summed E-state index contributed by atoms with van der Waals surface area (Å²) in [6.45, 7) is 0.576. The van der Waals surface area contributed by atoms with Gasteiger partial charge in [-0.05, 0) is 29.1 Å². The highest BCUT2D eigenvalue weighted by Gasteiger charge is 2.03. The Balaban J connectivity index is 1.85. The second-order valence-electron chi connectivity index (χ2n) is 3.84. The van der Waals surface area contributed by atoms with Crippen molar-refractivity contribution in [3.8, 4) is 6.07 Å². The Labute approximate surface area is 110 Å². The quantitative estimate of drug-likeness (QED) is 0.913. The molecular weight excluding hydrogens is 244 g/mol. The number of rotatable bonds is 4. The summed E-state index contributed by atoms with van der Waals surface area (Å²) in [5, 5.41) is 13.5. The first kappa shape index (κ1) is 12.3. The van der Waals surface area contributed by atoms with Crippen LogP contribution in [0.25, 0.3) is 0 Å². The van der Waals surface area contributed by atoms with Gasteiger partial charge in [-0.2, -0.15) is 5.26 Å². The van der Waals surface area contributed by atoms with Crippen LogP contribution in [0.15, 0.2) is 41.8 Å². The number of amides is 1. The van der Waals surface area contributed by atoms with Crippen molar-refractivity contribution >= 4 is 17.2 Å². The third-order valence-corrected chi connectivity index (χ3v) is 3.36. The van der Waals surface area contributed by atoms with E-state index in [2.05, 4.69) is 11.4 Å². The largest absolute Gasteiger partial charge is 0.351 e. The van der Waals surface area contributed by atoms with Gasteiger partial charge in [-0.25, -0.2) is 0 Å². The van der Waals surface area contributed by atoms with E-state index in [0.717, 1.165) is 10.4 Å². The summed E-state index contributed by atoms with van der Waals surface area (Å²) in [6, 6.07) is 13.1. The van der Waals surface area contributed by atoms with Gasteiger partial charge < -0.3 is 5.32 Å².